The van der Waals surface area contributed by atoms with Crippen molar-refractivity contribution in [1.29, 1.82) is 0 Å². The van der Waals surface area contributed by atoms with Crippen molar-refractivity contribution in [2.24, 2.45) is 0 Å². The number of aryl methyl sites for hydroxylation is 2. The zero-order valence-corrected chi connectivity index (χ0v) is 29.8. The van der Waals surface area contributed by atoms with E-state index >= 15 is 0 Å². The quantitative estimate of drug-likeness (QED) is 0.0760. The summed E-state index contributed by atoms with van der Waals surface area (Å²) in [5, 5.41) is 32.5. The summed E-state index contributed by atoms with van der Waals surface area (Å²) in [6, 6.07) is 22.2. The lowest BCUT2D eigenvalue weighted by Crippen LogP contribution is -2.21. The zero-order valence-electron chi connectivity index (χ0n) is 28.2. The van der Waals surface area contributed by atoms with Crippen LogP contribution in [0.5, 0.6) is 11.5 Å². The lowest BCUT2D eigenvalue weighted by atomic mass is 10.0. The second-order valence-corrected chi connectivity index (χ2v) is 14.9. The lowest BCUT2D eigenvalue weighted by Gasteiger charge is -2.15. The normalized spacial score (nSPS) is 11.6. The number of benzene rings is 6. The molecular weight excluding hydrogens is 741 g/mol. The Kier molecular flexibility index (Phi) is 9.74. The van der Waals surface area contributed by atoms with Gasteiger partial charge in [-0.3, -0.25) is 18.7 Å². The molecule has 0 saturated carbocycles. The maximum absolute atomic E-state index is 13.4. The molecule has 6 aromatic rings. The van der Waals surface area contributed by atoms with Gasteiger partial charge in [0.2, 0.25) is 0 Å². The number of carbonyl (C=O) groups is 3. The highest BCUT2D eigenvalue weighted by atomic mass is 32.2. The number of hydrogen-bond acceptors (Lipinski definition) is 9. The third kappa shape index (κ3) is 7.50. The molecule has 0 atom stereocenters. The molecule has 8 N–H and O–H groups in total. The number of anilines is 4. The van der Waals surface area contributed by atoms with Crippen LogP contribution >= 0.6 is 0 Å². The number of carbonyl (C=O) groups excluding carboxylic acids is 3. The van der Waals surface area contributed by atoms with Crippen molar-refractivity contribution in [3.05, 3.63) is 119 Å². The summed E-state index contributed by atoms with van der Waals surface area (Å²) >= 11 is 0. The molecule has 0 radical (unpaired) electrons. The van der Waals surface area contributed by atoms with Crippen molar-refractivity contribution in [2.45, 2.75) is 23.6 Å². The molecule has 0 aliphatic heterocycles. The second-order valence-electron chi connectivity index (χ2n) is 12.1. The first kappa shape index (κ1) is 37.2. The Bertz CT molecular complexity index is 2600. The minimum absolute atomic E-state index is 0.0780. The Morgan fingerprint density at radius 3 is 1.26 bits per heavy atom. The van der Waals surface area contributed by atoms with Crippen molar-refractivity contribution < 1.29 is 50.5 Å². The highest BCUT2D eigenvalue weighted by Crippen LogP contribution is 2.37. The fraction of sp³-hybridized carbons (Fsp3) is 0.0541. The van der Waals surface area contributed by atoms with Crippen LogP contribution in [0.15, 0.2) is 107 Å². The second kappa shape index (κ2) is 14.1. The van der Waals surface area contributed by atoms with Crippen LogP contribution in [0, 0.1) is 13.8 Å². The first-order chi connectivity index (χ1) is 25.4. The van der Waals surface area contributed by atoms with E-state index in [1.165, 1.54) is 48.5 Å². The number of fused-ring (bicyclic) bond motifs is 2. The first-order valence-electron chi connectivity index (χ1n) is 15.8. The Morgan fingerprint density at radius 1 is 0.500 bits per heavy atom. The molecule has 0 unspecified atom stereocenters. The van der Waals surface area contributed by atoms with Crippen molar-refractivity contribution in [2.75, 3.05) is 21.3 Å². The molecule has 0 fully saturated rings. The van der Waals surface area contributed by atoms with Gasteiger partial charge in [0.15, 0.2) is 0 Å². The molecule has 17 heteroatoms. The van der Waals surface area contributed by atoms with Gasteiger partial charge in [0.1, 0.15) is 21.3 Å². The number of urea groups is 1. The highest BCUT2D eigenvalue weighted by molar-refractivity contribution is 7.86. The number of aromatic hydroxyl groups is 2. The predicted octanol–water partition coefficient (Wildman–Crippen LogP) is 6.66. The van der Waals surface area contributed by atoms with Crippen LogP contribution in [0.1, 0.15) is 31.8 Å². The largest absolute Gasteiger partial charge is 0.506 e. The lowest BCUT2D eigenvalue weighted by molar-refractivity contribution is 0.101. The Hall–Kier alpha value is -6.53. The molecular formula is C37H30N4O11S2. The van der Waals surface area contributed by atoms with Crippen LogP contribution < -0.4 is 21.3 Å². The van der Waals surface area contributed by atoms with E-state index in [1.807, 2.05) is 0 Å². The molecule has 0 heterocycles. The molecule has 0 spiro atoms. The highest BCUT2D eigenvalue weighted by Gasteiger charge is 2.21. The molecule has 4 amide bonds. The summed E-state index contributed by atoms with van der Waals surface area (Å²) in [4.78, 5) is 38.5. The molecule has 15 nitrogen and oxygen atoms in total. The zero-order chi connectivity index (χ0) is 39.1. The fourth-order valence-electron chi connectivity index (χ4n) is 5.84. The third-order valence-corrected chi connectivity index (χ3v) is 10.3. The number of amides is 4. The van der Waals surface area contributed by atoms with Crippen LogP contribution in [0.4, 0.5) is 27.5 Å². The average molecular weight is 771 g/mol. The molecule has 0 aromatic heterocycles. The van der Waals surface area contributed by atoms with Gasteiger partial charge in [0, 0.05) is 55.4 Å². The van der Waals surface area contributed by atoms with Gasteiger partial charge in [-0.1, -0.05) is 48.5 Å². The number of phenolic OH excluding ortho intramolecular Hbond substituents is 2. The van der Waals surface area contributed by atoms with E-state index in [0.717, 1.165) is 12.1 Å². The van der Waals surface area contributed by atoms with E-state index in [0.29, 0.717) is 21.9 Å². The summed E-state index contributed by atoms with van der Waals surface area (Å²) in [5.41, 5.74) is 2.48. The summed E-state index contributed by atoms with van der Waals surface area (Å²) in [5.74, 6) is -2.49. The van der Waals surface area contributed by atoms with Crippen LogP contribution in [0.25, 0.3) is 21.5 Å². The van der Waals surface area contributed by atoms with Gasteiger partial charge in [-0.2, -0.15) is 16.8 Å². The van der Waals surface area contributed by atoms with E-state index in [4.69, 9.17) is 0 Å². The van der Waals surface area contributed by atoms with Gasteiger partial charge in [-0.15, -0.1) is 0 Å². The maximum atomic E-state index is 13.4. The molecule has 276 valence electrons. The van der Waals surface area contributed by atoms with Gasteiger partial charge < -0.3 is 31.5 Å². The molecule has 0 saturated heterocycles. The van der Waals surface area contributed by atoms with E-state index < -0.39 is 59.4 Å². The molecule has 0 aliphatic carbocycles. The van der Waals surface area contributed by atoms with Crippen molar-refractivity contribution in [3.63, 3.8) is 0 Å². The average Bonchev–Trinajstić information content (AvgIpc) is 3.09. The van der Waals surface area contributed by atoms with Gasteiger partial charge in [0.25, 0.3) is 32.1 Å². The summed E-state index contributed by atoms with van der Waals surface area (Å²) < 4.78 is 65.4. The maximum Gasteiger partial charge on any atom is 0.323 e. The number of nitrogens with one attached hydrogen (secondary N) is 4. The molecule has 6 aromatic carbocycles. The molecule has 0 aliphatic rings. The SMILES string of the molecule is Cc1ccc(NC(=O)Nc2ccc(C)c(C(=O)Nc3cccc4c(O)c(S(=O)(=O)O)ccc34)c2)cc1C(=O)Nc1cccc2c(O)c(S(=O)(=O)O)ccc12. The summed E-state index contributed by atoms with van der Waals surface area (Å²) in [7, 11) is -9.40. The number of hydrogen-bond donors (Lipinski definition) is 8. The van der Waals surface area contributed by atoms with Crippen LogP contribution in [-0.2, 0) is 20.2 Å². The monoisotopic (exact) mass is 770 g/mol. The Labute approximate surface area is 307 Å². The van der Waals surface area contributed by atoms with Gasteiger partial charge in [0.05, 0.1) is 0 Å². The van der Waals surface area contributed by atoms with Crippen LogP contribution in [-0.4, -0.2) is 54.0 Å². The minimum Gasteiger partial charge on any atom is -0.506 e. The van der Waals surface area contributed by atoms with Gasteiger partial charge >= 0.3 is 6.03 Å². The number of rotatable bonds is 8. The number of phenols is 2. The van der Waals surface area contributed by atoms with E-state index in [9.17, 15) is 50.5 Å². The fourth-order valence-corrected chi connectivity index (χ4v) is 7.03. The van der Waals surface area contributed by atoms with Crippen molar-refractivity contribution in [3.8, 4) is 11.5 Å². The predicted molar refractivity (Wildman–Crippen MR) is 202 cm³/mol. The van der Waals surface area contributed by atoms with Gasteiger partial charge in [-0.05, 0) is 73.5 Å². The topological polar surface area (TPSA) is 249 Å². The van der Waals surface area contributed by atoms with E-state index in [2.05, 4.69) is 21.3 Å². The summed E-state index contributed by atoms with van der Waals surface area (Å²) in [6.45, 7) is 3.37. The minimum atomic E-state index is -4.70. The van der Waals surface area contributed by atoms with Crippen molar-refractivity contribution in [1.82, 2.24) is 0 Å². The van der Waals surface area contributed by atoms with Gasteiger partial charge in [-0.25, -0.2) is 4.79 Å². The molecule has 0 bridgehead atoms. The van der Waals surface area contributed by atoms with E-state index in [1.54, 1.807) is 50.2 Å². The Balaban J connectivity index is 1.17. The third-order valence-electron chi connectivity index (χ3n) is 8.52. The smallest absolute Gasteiger partial charge is 0.323 e. The van der Waals surface area contributed by atoms with E-state index in [-0.39, 0.29) is 44.6 Å². The first-order valence-corrected chi connectivity index (χ1v) is 18.7. The summed E-state index contributed by atoms with van der Waals surface area (Å²) in [6.07, 6.45) is 0. The van der Waals surface area contributed by atoms with Crippen LogP contribution in [0.3, 0.4) is 0 Å². The standard InChI is InChI=1S/C37H30N4O11S2/c1-19-9-11-21(17-27(19)35(44)40-29-7-3-5-25-23(29)13-15-31(33(25)42)53(47,48)49)38-37(46)39-22-12-10-20(2)28(18-22)36(45)41-30-8-4-6-26-24(30)14-16-32(34(26)43)54(50,51)52/h3-18,42-43H,1-2H3,(H,40,44)(H,41,45)(H2,38,39,46)(H,47,48,49)(H,50,51,52). The molecule has 54 heavy (non-hydrogen) atoms. The Morgan fingerprint density at radius 2 is 0.889 bits per heavy atom. The molecule has 6 rings (SSSR count). The van der Waals surface area contributed by atoms with Crippen molar-refractivity contribution >= 4 is 82.4 Å². The van der Waals surface area contributed by atoms with Crippen LogP contribution in [0.2, 0.25) is 0 Å².